The van der Waals surface area contributed by atoms with Crippen LogP contribution < -0.4 is 15.4 Å². The Hall–Kier alpha value is -2.90. The van der Waals surface area contributed by atoms with Gasteiger partial charge in [0.25, 0.3) is 17.4 Å². The molecule has 28 heavy (non-hydrogen) atoms. The molecule has 1 aliphatic heterocycles. The fraction of sp³-hybridized carbons (Fsp3) is 0.150. The highest BCUT2D eigenvalue weighted by Gasteiger charge is 2.47. The van der Waals surface area contributed by atoms with E-state index in [2.05, 4.69) is 15.6 Å². The molecule has 2 N–H and O–H groups in total. The SMILES string of the molecule is Cc1ccc2c(c1)NC(=O)C(C)(C(=O)Nc1nc(-c3ccc(Cl)cc3)cs1)O2. The van der Waals surface area contributed by atoms with Gasteiger partial charge in [-0.1, -0.05) is 29.8 Å². The highest BCUT2D eigenvalue weighted by Crippen LogP contribution is 2.35. The molecule has 2 amide bonds. The molecule has 1 aliphatic rings. The predicted molar refractivity (Wildman–Crippen MR) is 110 cm³/mol. The number of aryl methyl sites for hydroxylation is 1. The Bertz CT molecular complexity index is 1080. The van der Waals surface area contributed by atoms with Crippen LogP contribution in [-0.2, 0) is 9.59 Å². The van der Waals surface area contributed by atoms with E-state index in [9.17, 15) is 9.59 Å². The largest absolute Gasteiger partial charge is 0.466 e. The standard InChI is InChI=1S/C20H16ClN3O3S/c1-11-3-8-16-14(9-11)22-17(25)20(2,27-16)18(26)24-19-23-15(10-28-19)12-4-6-13(21)7-5-12/h3-10H,1-2H3,(H,22,25)(H,23,24,26). The number of halogens is 1. The minimum absolute atomic E-state index is 0.377. The van der Waals surface area contributed by atoms with Crippen molar-refractivity contribution in [3.63, 3.8) is 0 Å². The van der Waals surface area contributed by atoms with Crippen molar-refractivity contribution in [1.82, 2.24) is 4.98 Å². The van der Waals surface area contributed by atoms with Gasteiger partial charge in [-0.2, -0.15) is 0 Å². The molecule has 2 aromatic carbocycles. The Kier molecular flexibility index (Phi) is 4.56. The number of anilines is 2. The lowest BCUT2D eigenvalue weighted by Crippen LogP contribution is -2.56. The second-order valence-electron chi connectivity index (χ2n) is 6.59. The van der Waals surface area contributed by atoms with Crippen molar-refractivity contribution in [3.05, 3.63) is 58.4 Å². The molecule has 0 aliphatic carbocycles. The van der Waals surface area contributed by atoms with E-state index in [-0.39, 0.29) is 0 Å². The second kappa shape index (κ2) is 6.92. The molecule has 6 nitrogen and oxygen atoms in total. The van der Waals surface area contributed by atoms with Crippen LogP contribution in [0.1, 0.15) is 12.5 Å². The van der Waals surface area contributed by atoms with Crippen LogP contribution in [0.4, 0.5) is 10.8 Å². The first-order valence-electron chi connectivity index (χ1n) is 8.49. The molecule has 0 saturated heterocycles. The van der Waals surface area contributed by atoms with Gasteiger partial charge >= 0.3 is 0 Å². The maximum atomic E-state index is 12.8. The average Bonchev–Trinajstić information content (AvgIpc) is 3.12. The number of amides is 2. The molecule has 1 atom stereocenters. The summed E-state index contributed by atoms with van der Waals surface area (Å²) in [4.78, 5) is 29.8. The topological polar surface area (TPSA) is 80.3 Å². The van der Waals surface area contributed by atoms with Crippen molar-refractivity contribution in [3.8, 4) is 17.0 Å². The van der Waals surface area contributed by atoms with E-state index in [4.69, 9.17) is 16.3 Å². The van der Waals surface area contributed by atoms with Crippen molar-refractivity contribution in [2.45, 2.75) is 19.4 Å². The third kappa shape index (κ3) is 3.34. The van der Waals surface area contributed by atoms with Gasteiger partial charge in [0, 0.05) is 16.0 Å². The number of aromatic nitrogens is 1. The third-order valence-electron chi connectivity index (χ3n) is 4.43. The molecule has 1 unspecified atom stereocenters. The maximum Gasteiger partial charge on any atom is 0.280 e. The maximum absolute atomic E-state index is 12.8. The number of nitrogens with one attached hydrogen (secondary N) is 2. The fourth-order valence-electron chi connectivity index (χ4n) is 2.79. The van der Waals surface area contributed by atoms with Gasteiger partial charge in [0.1, 0.15) is 5.75 Å². The lowest BCUT2D eigenvalue weighted by Gasteiger charge is -2.33. The van der Waals surface area contributed by atoms with Crippen LogP contribution in [0.2, 0.25) is 5.02 Å². The van der Waals surface area contributed by atoms with E-state index < -0.39 is 17.4 Å². The smallest absolute Gasteiger partial charge is 0.280 e. The number of benzene rings is 2. The van der Waals surface area contributed by atoms with E-state index in [0.717, 1.165) is 11.1 Å². The summed E-state index contributed by atoms with van der Waals surface area (Å²) in [6.07, 6.45) is 0. The van der Waals surface area contributed by atoms with Gasteiger partial charge in [-0.15, -0.1) is 11.3 Å². The van der Waals surface area contributed by atoms with Gasteiger partial charge in [0.05, 0.1) is 11.4 Å². The Morgan fingerprint density at radius 3 is 2.75 bits per heavy atom. The summed E-state index contributed by atoms with van der Waals surface area (Å²) in [6, 6.07) is 12.6. The molecule has 0 fully saturated rings. The van der Waals surface area contributed by atoms with Gasteiger partial charge in [0.15, 0.2) is 5.13 Å². The first-order chi connectivity index (χ1) is 13.3. The van der Waals surface area contributed by atoms with Crippen molar-refractivity contribution < 1.29 is 14.3 Å². The van der Waals surface area contributed by atoms with Crippen LogP contribution in [0.15, 0.2) is 47.8 Å². The van der Waals surface area contributed by atoms with Crippen LogP contribution in [-0.4, -0.2) is 22.4 Å². The van der Waals surface area contributed by atoms with Crippen LogP contribution in [0.25, 0.3) is 11.3 Å². The van der Waals surface area contributed by atoms with E-state index in [1.54, 1.807) is 24.3 Å². The Morgan fingerprint density at radius 2 is 2.00 bits per heavy atom. The van der Waals surface area contributed by atoms with Crippen LogP contribution in [0.5, 0.6) is 5.75 Å². The highest BCUT2D eigenvalue weighted by molar-refractivity contribution is 7.14. The second-order valence-corrected chi connectivity index (χ2v) is 7.88. The zero-order valence-corrected chi connectivity index (χ0v) is 16.6. The number of carbonyl (C=O) groups is 2. The summed E-state index contributed by atoms with van der Waals surface area (Å²) in [6.45, 7) is 3.35. The summed E-state index contributed by atoms with van der Waals surface area (Å²) < 4.78 is 5.76. The average molecular weight is 414 g/mol. The number of hydrogen-bond acceptors (Lipinski definition) is 5. The lowest BCUT2D eigenvalue weighted by molar-refractivity contribution is -0.143. The van der Waals surface area contributed by atoms with E-state index in [1.807, 2.05) is 30.5 Å². The normalized spacial score (nSPS) is 18.0. The van der Waals surface area contributed by atoms with Crippen LogP contribution in [0.3, 0.4) is 0 Å². The summed E-state index contributed by atoms with van der Waals surface area (Å²) in [5.41, 5.74) is 1.41. The molecule has 8 heteroatoms. The highest BCUT2D eigenvalue weighted by atomic mass is 35.5. The van der Waals surface area contributed by atoms with Crippen molar-refractivity contribution in [1.29, 1.82) is 0 Å². The molecule has 0 spiro atoms. The third-order valence-corrected chi connectivity index (χ3v) is 5.44. The Morgan fingerprint density at radius 1 is 1.25 bits per heavy atom. The van der Waals surface area contributed by atoms with Crippen molar-refractivity contribution in [2.24, 2.45) is 0 Å². The molecule has 0 saturated carbocycles. The lowest BCUT2D eigenvalue weighted by atomic mass is 10.0. The quantitative estimate of drug-likeness (QED) is 0.619. The van der Waals surface area contributed by atoms with Crippen molar-refractivity contribution >= 4 is 45.6 Å². The molecular weight excluding hydrogens is 398 g/mol. The number of thiazole rings is 1. The minimum atomic E-state index is -1.70. The molecule has 1 aromatic heterocycles. The monoisotopic (exact) mass is 413 g/mol. The first kappa shape index (κ1) is 18.5. The zero-order chi connectivity index (χ0) is 19.9. The van der Waals surface area contributed by atoms with Gasteiger partial charge in [-0.25, -0.2) is 4.98 Å². The van der Waals surface area contributed by atoms with E-state index in [1.165, 1.54) is 18.3 Å². The van der Waals surface area contributed by atoms with Crippen LogP contribution >= 0.6 is 22.9 Å². The summed E-state index contributed by atoms with van der Waals surface area (Å²) in [5.74, 6) is -0.672. The number of ether oxygens (including phenoxy) is 1. The number of carbonyl (C=O) groups excluding carboxylic acids is 2. The van der Waals surface area contributed by atoms with Crippen LogP contribution in [0, 0.1) is 6.92 Å². The first-order valence-corrected chi connectivity index (χ1v) is 9.75. The summed E-state index contributed by atoms with van der Waals surface area (Å²) in [7, 11) is 0. The molecule has 0 radical (unpaired) electrons. The summed E-state index contributed by atoms with van der Waals surface area (Å²) in [5, 5.41) is 8.26. The van der Waals surface area contributed by atoms with E-state index >= 15 is 0 Å². The number of nitrogens with zero attached hydrogens (tertiary/aromatic N) is 1. The van der Waals surface area contributed by atoms with Gasteiger partial charge < -0.3 is 10.1 Å². The molecule has 2 heterocycles. The van der Waals surface area contributed by atoms with Crippen molar-refractivity contribution in [2.75, 3.05) is 10.6 Å². The number of rotatable bonds is 3. The predicted octanol–water partition coefficient (Wildman–Crippen LogP) is 4.50. The molecule has 3 aromatic rings. The van der Waals surface area contributed by atoms with E-state index in [0.29, 0.717) is 27.3 Å². The summed E-state index contributed by atoms with van der Waals surface area (Å²) >= 11 is 7.17. The Balaban J connectivity index is 1.54. The molecule has 4 rings (SSSR count). The number of fused-ring (bicyclic) bond motifs is 1. The van der Waals surface area contributed by atoms with Gasteiger partial charge in [0.2, 0.25) is 0 Å². The molecular formula is C20H16ClN3O3S. The molecule has 0 bridgehead atoms. The van der Waals surface area contributed by atoms with Gasteiger partial charge in [-0.05, 0) is 43.7 Å². The minimum Gasteiger partial charge on any atom is -0.466 e. The molecule has 142 valence electrons. The van der Waals surface area contributed by atoms with Gasteiger partial charge in [-0.3, -0.25) is 14.9 Å². The fourth-order valence-corrected chi connectivity index (χ4v) is 3.63. The number of hydrogen-bond donors (Lipinski definition) is 2. The Labute approximate surface area is 170 Å². The zero-order valence-electron chi connectivity index (χ0n) is 15.1.